The van der Waals surface area contributed by atoms with Gasteiger partial charge in [-0.15, -0.1) is 0 Å². The number of halogens is 1. The third kappa shape index (κ3) is 3.69. The van der Waals surface area contributed by atoms with E-state index >= 15 is 0 Å². The summed E-state index contributed by atoms with van der Waals surface area (Å²) in [5.74, 6) is 0.595. The Morgan fingerprint density at radius 2 is 1.73 bits per heavy atom. The minimum atomic E-state index is -0.371. The van der Waals surface area contributed by atoms with Crippen molar-refractivity contribution in [1.82, 2.24) is 5.32 Å². The number of ketones is 1. The largest absolute Gasteiger partial charge is 0.503 e. The van der Waals surface area contributed by atoms with Crippen molar-refractivity contribution >= 4 is 27.6 Å². The molecule has 0 spiro atoms. The molecule has 0 radical (unpaired) electrons. The van der Waals surface area contributed by atoms with Gasteiger partial charge in [0.25, 0.3) is 0 Å². The van der Waals surface area contributed by atoms with Crippen molar-refractivity contribution < 1.29 is 24.2 Å². The zero-order valence-electron chi connectivity index (χ0n) is 16.7. The van der Waals surface area contributed by atoms with Gasteiger partial charge in [0.1, 0.15) is 5.75 Å². The third-order valence-electron chi connectivity index (χ3n) is 5.80. The number of carbonyl (C=O) groups excluding carboxylic acids is 2. The molecule has 0 saturated heterocycles. The van der Waals surface area contributed by atoms with Crippen LogP contribution >= 0.6 is 15.9 Å². The molecule has 1 aliphatic heterocycles. The van der Waals surface area contributed by atoms with Gasteiger partial charge in [-0.2, -0.15) is 0 Å². The number of Topliss-reactive ketones (excluding diaryl/α,β-unsaturated/α-hetero) is 1. The summed E-state index contributed by atoms with van der Waals surface area (Å²) in [5.41, 5.74) is 3.15. The lowest BCUT2D eigenvalue weighted by molar-refractivity contribution is -0.122. The lowest BCUT2D eigenvalue weighted by Gasteiger charge is -2.34. The molecule has 0 fully saturated rings. The molecule has 1 amide bonds. The van der Waals surface area contributed by atoms with Gasteiger partial charge in [-0.3, -0.25) is 9.59 Å². The average molecular weight is 472 g/mol. The molecule has 2 aliphatic rings. The summed E-state index contributed by atoms with van der Waals surface area (Å²) in [6.07, 6.45) is 1.15. The summed E-state index contributed by atoms with van der Waals surface area (Å²) < 4.78 is 10.9. The summed E-state index contributed by atoms with van der Waals surface area (Å²) in [5, 5.41) is 13.0. The van der Waals surface area contributed by atoms with Crippen LogP contribution in [0.25, 0.3) is 0 Å². The highest BCUT2D eigenvalue weighted by molar-refractivity contribution is 9.10. The monoisotopic (exact) mass is 471 g/mol. The standard InChI is InChI=1S/C23H22BrNO5/c1-29-15-5-3-12(4-6-15)13-8-18-22(19(26)9-13)16(11-21(27)25-18)14-7-17(24)23(28)20(10-14)30-2/h3-7,10,13,16,28H,8-9,11H2,1-2H3,(H,25,27)/t13-,16-/m1/s1. The van der Waals surface area contributed by atoms with Gasteiger partial charge < -0.3 is 19.9 Å². The van der Waals surface area contributed by atoms with Crippen LogP contribution in [0, 0.1) is 0 Å². The minimum absolute atomic E-state index is 0.00213. The molecule has 0 aromatic heterocycles. The van der Waals surface area contributed by atoms with Crippen molar-refractivity contribution in [2.75, 3.05) is 14.2 Å². The molecule has 6 nitrogen and oxygen atoms in total. The Labute approximate surface area is 183 Å². The third-order valence-corrected chi connectivity index (χ3v) is 6.40. The van der Waals surface area contributed by atoms with E-state index in [9.17, 15) is 14.7 Å². The molecule has 0 unspecified atom stereocenters. The lowest BCUT2D eigenvalue weighted by atomic mass is 9.73. The van der Waals surface area contributed by atoms with Crippen molar-refractivity contribution in [3.63, 3.8) is 0 Å². The highest BCUT2D eigenvalue weighted by Gasteiger charge is 2.38. The zero-order chi connectivity index (χ0) is 21.4. The van der Waals surface area contributed by atoms with E-state index in [1.807, 2.05) is 24.3 Å². The van der Waals surface area contributed by atoms with Crippen LogP contribution in [0.4, 0.5) is 0 Å². The Kier molecular flexibility index (Phi) is 5.56. The van der Waals surface area contributed by atoms with Gasteiger partial charge in [0.15, 0.2) is 17.3 Å². The van der Waals surface area contributed by atoms with Gasteiger partial charge >= 0.3 is 0 Å². The number of phenols is 1. The SMILES string of the molecule is COc1ccc([C@H]2CC(=O)C3=C(C2)NC(=O)C[C@@H]3c2cc(Br)c(O)c(OC)c2)cc1. The molecule has 0 saturated carbocycles. The zero-order valence-corrected chi connectivity index (χ0v) is 18.3. The summed E-state index contributed by atoms with van der Waals surface area (Å²) >= 11 is 3.33. The predicted octanol–water partition coefficient (Wildman–Crippen LogP) is 4.18. The van der Waals surface area contributed by atoms with Gasteiger partial charge in [0.05, 0.1) is 18.7 Å². The molecule has 0 bridgehead atoms. The molecule has 30 heavy (non-hydrogen) atoms. The fourth-order valence-corrected chi connectivity index (χ4v) is 4.77. The van der Waals surface area contributed by atoms with Crippen LogP contribution in [0.3, 0.4) is 0 Å². The first-order valence-electron chi connectivity index (χ1n) is 9.67. The fourth-order valence-electron chi connectivity index (χ4n) is 4.31. The van der Waals surface area contributed by atoms with Gasteiger partial charge in [0.2, 0.25) is 5.91 Å². The van der Waals surface area contributed by atoms with Crippen LogP contribution < -0.4 is 14.8 Å². The normalized spacial score (nSPS) is 21.2. The first-order chi connectivity index (χ1) is 14.4. The lowest BCUT2D eigenvalue weighted by Crippen LogP contribution is -2.38. The molecule has 4 rings (SSSR count). The maximum absolute atomic E-state index is 13.2. The summed E-state index contributed by atoms with van der Waals surface area (Å²) in [4.78, 5) is 25.7. The molecular formula is C23H22BrNO5. The van der Waals surface area contributed by atoms with Crippen LogP contribution in [-0.2, 0) is 9.59 Å². The Balaban J connectivity index is 1.71. The molecule has 2 aromatic rings. The van der Waals surface area contributed by atoms with Crippen LogP contribution in [0.5, 0.6) is 17.2 Å². The number of hydrogen-bond donors (Lipinski definition) is 2. The van der Waals surface area contributed by atoms with E-state index in [-0.39, 0.29) is 35.7 Å². The average Bonchev–Trinajstić information content (AvgIpc) is 2.74. The summed E-state index contributed by atoms with van der Waals surface area (Å²) in [6, 6.07) is 11.1. The maximum Gasteiger partial charge on any atom is 0.225 e. The van der Waals surface area contributed by atoms with E-state index in [2.05, 4.69) is 21.2 Å². The number of ether oxygens (including phenoxy) is 2. The van der Waals surface area contributed by atoms with Crippen molar-refractivity contribution in [1.29, 1.82) is 0 Å². The molecule has 2 aromatic carbocycles. The van der Waals surface area contributed by atoms with Crippen LogP contribution in [-0.4, -0.2) is 31.0 Å². The number of allylic oxidation sites excluding steroid dienone is 2. The van der Waals surface area contributed by atoms with Crippen LogP contribution in [0.2, 0.25) is 0 Å². The molecular weight excluding hydrogens is 450 g/mol. The van der Waals surface area contributed by atoms with Crippen LogP contribution in [0.15, 0.2) is 52.1 Å². The number of nitrogens with one attached hydrogen (secondary N) is 1. The van der Waals surface area contributed by atoms with Crippen molar-refractivity contribution in [2.45, 2.75) is 31.1 Å². The van der Waals surface area contributed by atoms with E-state index in [4.69, 9.17) is 9.47 Å². The van der Waals surface area contributed by atoms with Gasteiger partial charge in [-0.25, -0.2) is 0 Å². The van der Waals surface area contributed by atoms with Crippen molar-refractivity contribution in [3.05, 3.63) is 63.3 Å². The highest BCUT2D eigenvalue weighted by Crippen LogP contribution is 2.45. The Morgan fingerprint density at radius 3 is 2.40 bits per heavy atom. The second-order valence-electron chi connectivity index (χ2n) is 7.55. The minimum Gasteiger partial charge on any atom is -0.503 e. The van der Waals surface area contributed by atoms with Crippen molar-refractivity contribution in [3.8, 4) is 17.2 Å². The second-order valence-corrected chi connectivity index (χ2v) is 8.41. The number of methoxy groups -OCH3 is 2. The molecule has 2 N–H and O–H groups in total. The number of benzene rings is 2. The topological polar surface area (TPSA) is 84.9 Å². The van der Waals surface area contributed by atoms with E-state index in [0.29, 0.717) is 34.3 Å². The number of phenolic OH excluding ortho intramolecular Hbond substituents is 1. The quantitative estimate of drug-likeness (QED) is 0.698. The number of rotatable bonds is 4. The van der Waals surface area contributed by atoms with Crippen molar-refractivity contribution in [2.24, 2.45) is 0 Å². The number of hydrogen-bond acceptors (Lipinski definition) is 5. The molecule has 2 atom stereocenters. The molecule has 1 heterocycles. The highest BCUT2D eigenvalue weighted by atomic mass is 79.9. The Bertz CT molecular complexity index is 1040. The fraction of sp³-hybridized carbons (Fsp3) is 0.304. The summed E-state index contributed by atoms with van der Waals surface area (Å²) in [7, 11) is 3.08. The smallest absolute Gasteiger partial charge is 0.225 e. The first kappa shape index (κ1) is 20.5. The number of carbonyl (C=O) groups is 2. The van der Waals surface area contributed by atoms with E-state index in [1.165, 1.54) is 7.11 Å². The molecule has 1 aliphatic carbocycles. The Morgan fingerprint density at radius 1 is 1.00 bits per heavy atom. The van der Waals surface area contributed by atoms with E-state index in [0.717, 1.165) is 16.9 Å². The number of amides is 1. The Hall–Kier alpha value is -2.80. The first-order valence-corrected chi connectivity index (χ1v) is 10.5. The molecule has 7 heteroatoms. The van der Waals surface area contributed by atoms with Gasteiger partial charge in [-0.05, 0) is 63.7 Å². The van der Waals surface area contributed by atoms with E-state index < -0.39 is 0 Å². The predicted molar refractivity (Wildman–Crippen MR) is 115 cm³/mol. The van der Waals surface area contributed by atoms with E-state index in [1.54, 1.807) is 19.2 Å². The van der Waals surface area contributed by atoms with Gasteiger partial charge in [0, 0.05) is 30.0 Å². The van der Waals surface area contributed by atoms with Crippen LogP contribution in [0.1, 0.15) is 42.2 Å². The summed E-state index contributed by atoms with van der Waals surface area (Å²) in [6.45, 7) is 0. The second kappa shape index (κ2) is 8.14. The maximum atomic E-state index is 13.2. The van der Waals surface area contributed by atoms with Gasteiger partial charge in [-0.1, -0.05) is 12.1 Å². The molecule has 156 valence electrons. The number of aromatic hydroxyl groups is 1.